The summed E-state index contributed by atoms with van der Waals surface area (Å²) in [6.45, 7) is 0. The number of halogens is 1. The standard InChI is InChI=1S/C7H7FN2O2/c1-10-6(8)4-5(9-10)2-3-7(11)12/h2-4H,1H3,(H,11,12)/b3-2+. The van der Waals surface area contributed by atoms with Gasteiger partial charge in [-0.1, -0.05) is 0 Å². The number of aliphatic carboxylic acids is 1. The Bertz CT molecular complexity index is 311. The molecule has 0 unspecified atom stereocenters. The van der Waals surface area contributed by atoms with E-state index in [2.05, 4.69) is 5.10 Å². The third kappa shape index (κ3) is 1.91. The summed E-state index contributed by atoms with van der Waals surface area (Å²) in [5.74, 6) is -1.58. The average Bonchev–Trinajstić information content (AvgIpc) is 2.28. The molecule has 4 nitrogen and oxygen atoms in total. The normalized spacial score (nSPS) is 10.8. The van der Waals surface area contributed by atoms with Crippen LogP contribution in [0.15, 0.2) is 12.1 Å². The van der Waals surface area contributed by atoms with Gasteiger partial charge in [0.2, 0.25) is 5.95 Å². The molecule has 0 aliphatic heterocycles. The molecule has 0 bridgehead atoms. The molecule has 0 atom stereocenters. The molecule has 1 aromatic heterocycles. The summed E-state index contributed by atoms with van der Waals surface area (Å²) in [4.78, 5) is 10.0. The van der Waals surface area contributed by atoms with Crippen molar-refractivity contribution >= 4 is 12.0 Å². The van der Waals surface area contributed by atoms with Crippen LogP contribution in [0.5, 0.6) is 0 Å². The number of hydrogen-bond donors (Lipinski definition) is 1. The van der Waals surface area contributed by atoms with Crippen molar-refractivity contribution in [3.05, 3.63) is 23.8 Å². The van der Waals surface area contributed by atoms with Gasteiger partial charge in [-0.2, -0.15) is 9.49 Å². The van der Waals surface area contributed by atoms with E-state index in [1.54, 1.807) is 0 Å². The van der Waals surface area contributed by atoms with Crippen molar-refractivity contribution in [3.63, 3.8) is 0 Å². The highest BCUT2D eigenvalue weighted by atomic mass is 19.1. The van der Waals surface area contributed by atoms with Crippen molar-refractivity contribution in [1.29, 1.82) is 0 Å². The van der Waals surface area contributed by atoms with E-state index in [9.17, 15) is 9.18 Å². The van der Waals surface area contributed by atoms with E-state index < -0.39 is 11.9 Å². The second-order valence-electron chi connectivity index (χ2n) is 2.19. The van der Waals surface area contributed by atoms with Crippen LogP contribution < -0.4 is 0 Å². The summed E-state index contributed by atoms with van der Waals surface area (Å²) in [6.07, 6.45) is 2.13. The van der Waals surface area contributed by atoms with Gasteiger partial charge >= 0.3 is 5.97 Å². The fraction of sp³-hybridized carbons (Fsp3) is 0.143. The molecule has 0 radical (unpaired) electrons. The number of carbonyl (C=O) groups is 1. The molecule has 0 amide bonds. The molecule has 0 spiro atoms. The zero-order valence-corrected chi connectivity index (χ0v) is 6.36. The minimum absolute atomic E-state index is 0.289. The number of aryl methyl sites for hydroxylation is 1. The second-order valence-corrected chi connectivity index (χ2v) is 2.19. The number of nitrogens with zero attached hydrogens (tertiary/aromatic N) is 2. The first-order valence-corrected chi connectivity index (χ1v) is 3.20. The highest BCUT2D eigenvalue weighted by Crippen LogP contribution is 2.02. The summed E-state index contributed by atoms with van der Waals surface area (Å²) < 4.78 is 13.6. The SMILES string of the molecule is Cn1nc(/C=C/C(=O)O)cc1F. The summed E-state index contributed by atoms with van der Waals surface area (Å²) in [5.41, 5.74) is 0.289. The van der Waals surface area contributed by atoms with Crippen LogP contribution in [-0.2, 0) is 11.8 Å². The van der Waals surface area contributed by atoms with Crippen LogP contribution in [0.3, 0.4) is 0 Å². The Labute approximate surface area is 67.9 Å². The minimum Gasteiger partial charge on any atom is -0.478 e. The molecule has 1 aromatic rings. The fourth-order valence-electron chi connectivity index (χ4n) is 0.703. The Hall–Kier alpha value is -1.65. The van der Waals surface area contributed by atoms with Crippen molar-refractivity contribution in [1.82, 2.24) is 9.78 Å². The summed E-state index contributed by atoms with van der Waals surface area (Å²) in [5, 5.41) is 11.9. The topological polar surface area (TPSA) is 55.1 Å². The monoisotopic (exact) mass is 170 g/mol. The molecule has 0 saturated heterocycles. The number of carboxylic acids is 1. The molecular weight excluding hydrogens is 163 g/mol. The van der Waals surface area contributed by atoms with Crippen molar-refractivity contribution in [2.45, 2.75) is 0 Å². The van der Waals surface area contributed by atoms with Gasteiger partial charge in [-0.25, -0.2) is 9.48 Å². The molecule has 0 saturated carbocycles. The van der Waals surface area contributed by atoms with E-state index in [1.165, 1.54) is 13.1 Å². The lowest BCUT2D eigenvalue weighted by Gasteiger charge is -1.84. The number of carboxylic acid groups (broad SMARTS) is 1. The molecule has 0 aliphatic rings. The van der Waals surface area contributed by atoms with Crippen LogP contribution in [0, 0.1) is 5.95 Å². The molecule has 0 aromatic carbocycles. The summed E-state index contributed by atoms with van der Waals surface area (Å²) in [6, 6.07) is 1.15. The van der Waals surface area contributed by atoms with Crippen molar-refractivity contribution in [3.8, 4) is 0 Å². The lowest BCUT2D eigenvalue weighted by atomic mass is 10.4. The van der Waals surface area contributed by atoms with Crippen LogP contribution in [-0.4, -0.2) is 20.9 Å². The van der Waals surface area contributed by atoms with Crippen molar-refractivity contribution < 1.29 is 14.3 Å². The van der Waals surface area contributed by atoms with E-state index in [4.69, 9.17) is 5.11 Å². The van der Waals surface area contributed by atoms with Gasteiger partial charge in [-0.3, -0.25) is 0 Å². The molecule has 1 N–H and O–H groups in total. The predicted octanol–water partition coefficient (Wildman–Crippen LogP) is 0.657. The van der Waals surface area contributed by atoms with Gasteiger partial charge in [0.05, 0.1) is 5.69 Å². The lowest BCUT2D eigenvalue weighted by molar-refractivity contribution is -0.131. The lowest BCUT2D eigenvalue weighted by Crippen LogP contribution is -1.93. The maximum absolute atomic E-state index is 12.6. The summed E-state index contributed by atoms with van der Waals surface area (Å²) in [7, 11) is 1.44. The van der Waals surface area contributed by atoms with E-state index >= 15 is 0 Å². The van der Waals surface area contributed by atoms with Crippen LogP contribution >= 0.6 is 0 Å². The molecule has 64 valence electrons. The highest BCUT2D eigenvalue weighted by Gasteiger charge is 2.00. The van der Waals surface area contributed by atoms with Crippen LogP contribution in [0.1, 0.15) is 5.69 Å². The molecular formula is C7H7FN2O2. The quantitative estimate of drug-likeness (QED) is 0.663. The molecule has 5 heteroatoms. The smallest absolute Gasteiger partial charge is 0.328 e. The predicted molar refractivity (Wildman–Crippen MR) is 39.8 cm³/mol. The maximum atomic E-state index is 12.6. The summed E-state index contributed by atoms with van der Waals surface area (Å²) >= 11 is 0. The molecule has 1 heterocycles. The van der Waals surface area contributed by atoms with Gasteiger partial charge in [-0.05, 0) is 6.08 Å². The van der Waals surface area contributed by atoms with Gasteiger partial charge in [0.15, 0.2) is 0 Å². The number of hydrogen-bond acceptors (Lipinski definition) is 2. The largest absolute Gasteiger partial charge is 0.478 e. The first kappa shape index (κ1) is 8.45. The Morgan fingerprint density at radius 2 is 2.50 bits per heavy atom. The zero-order valence-electron chi connectivity index (χ0n) is 6.36. The van der Waals surface area contributed by atoms with Crippen LogP contribution in [0.25, 0.3) is 6.08 Å². The zero-order chi connectivity index (χ0) is 9.14. The first-order chi connectivity index (χ1) is 5.59. The van der Waals surface area contributed by atoms with Crippen molar-refractivity contribution in [2.75, 3.05) is 0 Å². The fourth-order valence-corrected chi connectivity index (χ4v) is 0.703. The second kappa shape index (κ2) is 3.17. The van der Waals surface area contributed by atoms with E-state index in [0.717, 1.165) is 16.8 Å². The number of rotatable bonds is 2. The van der Waals surface area contributed by atoms with Gasteiger partial charge in [0.1, 0.15) is 0 Å². The Balaban J connectivity index is 2.83. The molecule has 1 rings (SSSR count). The van der Waals surface area contributed by atoms with E-state index in [-0.39, 0.29) is 5.69 Å². The third-order valence-electron chi connectivity index (χ3n) is 1.24. The number of aromatic nitrogens is 2. The molecule has 0 fully saturated rings. The Morgan fingerprint density at radius 1 is 1.83 bits per heavy atom. The Morgan fingerprint density at radius 3 is 2.92 bits per heavy atom. The van der Waals surface area contributed by atoms with Gasteiger partial charge < -0.3 is 5.11 Å². The van der Waals surface area contributed by atoms with Gasteiger partial charge in [0.25, 0.3) is 0 Å². The first-order valence-electron chi connectivity index (χ1n) is 3.20. The van der Waals surface area contributed by atoms with Crippen LogP contribution in [0.2, 0.25) is 0 Å². The van der Waals surface area contributed by atoms with Gasteiger partial charge in [0, 0.05) is 19.2 Å². The van der Waals surface area contributed by atoms with E-state index in [0.29, 0.717) is 0 Å². The average molecular weight is 170 g/mol. The van der Waals surface area contributed by atoms with E-state index in [1.807, 2.05) is 0 Å². The maximum Gasteiger partial charge on any atom is 0.328 e. The Kier molecular flexibility index (Phi) is 2.23. The molecule has 12 heavy (non-hydrogen) atoms. The third-order valence-corrected chi connectivity index (χ3v) is 1.24. The van der Waals surface area contributed by atoms with Gasteiger partial charge in [-0.15, -0.1) is 0 Å². The minimum atomic E-state index is -1.08. The molecule has 0 aliphatic carbocycles. The van der Waals surface area contributed by atoms with Crippen LogP contribution in [0.4, 0.5) is 4.39 Å². The highest BCUT2D eigenvalue weighted by molar-refractivity contribution is 5.84. The van der Waals surface area contributed by atoms with Crippen molar-refractivity contribution in [2.24, 2.45) is 7.05 Å².